The van der Waals surface area contributed by atoms with Gasteiger partial charge in [-0.2, -0.15) is 9.78 Å². The van der Waals surface area contributed by atoms with E-state index >= 15 is 0 Å². The second-order valence-electron chi connectivity index (χ2n) is 5.95. The lowest BCUT2D eigenvalue weighted by Gasteiger charge is -2.29. The van der Waals surface area contributed by atoms with Gasteiger partial charge >= 0.3 is 6.03 Å². The lowest BCUT2D eigenvalue weighted by molar-refractivity contribution is 0.243. The monoisotopic (exact) mass is 277 g/mol. The Morgan fingerprint density at radius 3 is 3.00 bits per heavy atom. The molecule has 2 aliphatic heterocycles. The van der Waals surface area contributed by atoms with Gasteiger partial charge in [-0.05, 0) is 45.7 Å². The van der Waals surface area contributed by atoms with Crippen LogP contribution in [0.1, 0.15) is 42.9 Å². The van der Waals surface area contributed by atoms with Crippen LogP contribution < -0.4 is 11.1 Å². The number of hydrogen-bond acceptors (Lipinski definition) is 4. The predicted molar refractivity (Wildman–Crippen MR) is 78.1 cm³/mol. The molecule has 20 heavy (non-hydrogen) atoms. The van der Waals surface area contributed by atoms with Crippen LogP contribution in [0.2, 0.25) is 0 Å². The molecular formula is C14H23N5O. The van der Waals surface area contributed by atoms with Gasteiger partial charge in [0.15, 0.2) is 0 Å². The van der Waals surface area contributed by atoms with Crippen LogP contribution in [0.25, 0.3) is 0 Å². The van der Waals surface area contributed by atoms with Crippen LogP contribution in [-0.2, 0) is 6.42 Å². The molecule has 0 saturated carbocycles. The van der Waals surface area contributed by atoms with Crippen LogP contribution in [0.15, 0.2) is 0 Å². The van der Waals surface area contributed by atoms with Gasteiger partial charge in [0.1, 0.15) is 5.82 Å². The van der Waals surface area contributed by atoms with E-state index in [1.807, 2.05) is 0 Å². The summed E-state index contributed by atoms with van der Waals surface area (Å²) in [6.45, 7) is 3.05. The number of primary amides is 1. The molecule has 110 valence electrons. The summed E-state index contributed by atoms with van der Waals surface area (Å²) in [6, 6.07) is -0.494. The minimum atomic E-state index is -0.494. The largest absolute Gasteiger partial charge is 0.370 e. The molecule has 1 aromatic rings. The van der Waals surface area contributed by atoms with E-state index in [0.717, 1.165) is 56.8 Å². The number of aromatic nitrogens is 2. The molecule has 1 unspecified atom stereocenters. The molecule has 1 atom stereocenters. The smallest absolute Gasteiger partial charge is 0.341 e. The molecule has 1 fully saturated rings. The van der Waals surface area contributed by atoms with Crippen molar-refractivity contribution < 1.29 is 4.79 Å². The minimum Gasteiger partial charge on any atom is -0.370 e. The molecule has 3 rings (SSSR count). The fraction of sp³-hybridized carbons (Fsp3) is 0.714. The molecule has 0 aliphatic carbocycles. The number of nitrogens with two attached hydrogens (primary N) is 1. The van der Waals surface area contributed by atoms with Crippen molar-refractivity contribution in [2.75, 3.05) is 32.0 Å². The van der Waals surface area contributed by atoms with Crippen LogP contribution in [0.4, 0.5) is 10.6 Å². The van der Waals surface area contributed by atoms with Crippen LogP contribution in [0, 0.1) is 0 Å². The Balaban J connectivity index is 1.99. The Morgan fingerprint density at radius 1 is 1.40 bits per heavy atom. The number of amides is 1. The van der Waals surface area contributed by atoms with Crippen molar-refractivity contribution in [2.24, 2.45) is 5.73 Å². The number of carbonyl (C=O) groups excluding carboxylic acids is 1. The number of carbonyl (C=O) groups is 1. The molecule has 1 amide bonds. The van der Waals surface area contributed by atoms with E-state index in [0.29, 0.717) is 5.92 Å². The molecule has 0 aromatic carbocycles. The first kappa shape index (κ1) is 13.4. The number of fused-ring (bicyclic) bond motifs is 1. The maximum atomic E-state index is 11.6. The third kappa shape index (κ3) is 2.40. The van der Waals surface area contributed by atoms with E-state index in [1.54, 1.807) is 0 Å². The summed E-state index contributed by atoms with van der Waals surface area (Å²) < 4.78 is 1.37. The Labute approximate surface area is 119 Å². The van der Waals surface area contributed by atoms with Gasteiger partial charge < -0.3 is 16.0 Å². The third-order valence-corrected chi connectivity index (χ3v) is 4.38. The highest BCUT2D eigenvalue weighted by Crippen LogP contribution is 2.33. The van der Waals surface area contributed by atoms with Gasteiger partial charge in [-0.3, -0.25) is 0 Å². The molecule has 6 nitrogen and oxygen atoms in total. The highest BCUT2D eigenvalue weighted by molar-refractivity contribution is 5.79. The molecule has 0 spiro atoms. The second kappa shape index (κ2) is 5.44. The van der Waals surface area contributed by atoms with E-state index < -0.39 is 6.03 Å². The zero-order valence-electron chi connectivity index (χ0n) is 12.1. The summed E-state index contributed by atoms with van der Waals surface area (Å²) in [7, 11) is 2.15. The van der Waals surface area contributed by atoms with Crippen LogP contribution >= 0.6 is 0 Å². The summed E-state index contributed by atoms with van der Waals surface area (Å²) in [5.74, 6) is 1.25. The normalized spacial score (nSPS) is 23.8. The SMILES string of the molecule is CN1CCCC(c2nn(C(N)=O)c3c2CCCCN3)C1. The molecule has 2 aliphatic rings. The topological polar surface area (TPSA) is 76.2 Å². The third-order valence-electron chi connectivity index (χ3n) is 4.38. The fourth-order valence-corrected chi connectivity index (χ4v) is 3.41. The summed E-state index contributed by atoms with van der Waals surface area (Å²) in [6.07, 6.45) is 5.59. The first-order valence-corrected chi connectivity index (χ1v) is 7.51. The quantitative estimate of drug-likeness (QED) is 0.813. The first-order valence-electron chi connectivity index (χ1n) is 7.51. The maximum Gasteiger partial charge on any atom is 0.341 e. The molecule has 0 bridgehead atoms. The molecule has 6 heteroatoms. The van der Waals surface area contributed by atoms with Crippen LogP contribution in [-0.4, -0.2) is 47.4 Å². The number of hydrogen-bond donors (Lipinski definition) is 2. The molecule has 3 N–H and O–H groups in total. The van der Waals surface area contributed by atoms with Crippen molar-refractivity contribution >= 4 is 11.8 Å². The summed E-state index contributed by atoms with van der Waals surface area (Å²) in [4.78, 5) is 14.0. The zero-order chi connectivity index (χ0) is 14.1. The van der Waals surface area contributed by atoms with Crippen molar-refractivity contribution in [3.63, 3.8) is 0 Å². The van der Waals surface area contributed by atoms with Crippen molar-refractivity contribution in [1.82, 2.24) is 14.7 Å². The van der Waals surface area contributed by atoms with E-state index in [4.69, 9.17) is 5.73 Å². The Hall–Kier alpha value is -1.56. The average molecular weight is 277 g/mol. The molecule has 1 saturated heterocycles. The van der Waals surface area contributed by atoms with Gasteiger partial charge in [0, 0.05) is 24.6 Å². The highest BCUT2D eigenvalue weighted by atomic mass is 16.2. The van der Waals surface area contributed by atoms with Crippen molar-refractivity contribution in [1.29, 1.82) is 0 Å². The average Bonchev–Trinajstić information content (AvgIpc) is 2.61. The lowest BCUT2D eigenvalue weighted by Crippen LogP contribution is -2.31. The lowest BCUT2D eigenvalue weighted by atomic mass is 9.91. The molecule has 0 radical (unpaired) electrons. The number of nitrogens with one attached hydrogen (secondary N) is 1. The number of piperidine rings is 1. The van der Waals surface area contributed by atoms with E-state index in [-0.39, 0.29) is 0 Å². The van der Waals surface area contributed by atoms with Gasteiger partial charge in [-0.25, -0.2) is 4.79 Å². The van der Waals surface area contributed by atoms with Crippen molar-refractivity contribution in [2.45, 2.75) is 38.0 Å². The number of nitrogens with zero attached hydrogens (tertiary/aromatic N) is 3. The predicted octanol–water partition coefficient (Wildman–Crippen LogP) is 1.37. The van der Waals surface area contributed by atoms with Crippen LogP contribution in [0.5, 0.6) is 0 Å². The van der Waals surface area contributed by atoms with E-state index in [2.05, 4.69) is 22.4 Å². The number of anilines is 1. The minimum absolute atomic E-state index is 0.419. The second-order valence-corrected chi connectivity index (χ2v) is 5.95. The molecular weight excluding hydrogens is 254 g/mol. The number of likely N-dealkylation sites (N-methyl/N-ethyl adjacent to an activating group) is 1. The van der Waals surface area contributed by atoms with Gasteiger partial charge in [-0.15, -0.1) is 0 Å². The Bertz CT molecular complexity index is 510. The highest BCUT2D eigenvalue weighted by Gasteiger charge is 2.29. The van der Waals surface area contributed by atoms with Crippen molar-refractivity contribution in [3.05, 3.63) is 11.3 Å². The standard InChI is InChI=1S/C14H23N5O/c1-18-8-4-5-10(9-18)12-11-6-2-3-7-16-13(11)19(17-12)14(15)20/h10,16H,2-9H2,1H3,(H2,15,20). The number of rotatable bonds is 1. The Kier molecular flexibility index (Phi) is 3.65. The van der Waals surface area contributed by atoms with Gasteiger partial charge in [0.25, 0.3) is 0 Å². The van der Waals surface area contributed by atoms with Gasteiger partial charge in [0.05, 0.1) is 5.69 Å². The van der Waals surface area contributed by atoms with E-state index in [1.165, 1.54) is 16.7 Å². The molecule has 1 aromatic heterocycles. The zero-order valence-corrected chi connectivity index (χ0v) is 12.1. The van der Waals surface area contributed by atoms with Crippen LogP contribution in [0.3, 0.4) is 0 Å². The number of likely N-dealkylation sites (tertiary alicyclic amines) is 1. The maximum absolute atomic E-state index is 11.6. The van der Waals surface area contributed by atoms with Gasteiger partial charge in [0.2, 0.25) is 0 Å². The van der Waals surface area contributed by atoms with E-state index in [9.17, 15) is 4.79 Å². The van der Waals surface area contributed by atoms with Crippen molar-refractivity contribution in [3.8, 4) is 0 Å². The molecule has 3 heterocycles. The Morgan fingerprint density at radius 2 is 2.25 bits per heavy atom. The fourth-order valence-electron chi connectivity index (χ4n) is 3.41. The summed E-state index contributed by atoms with van der Waals surface area (Å²) in [5.41, 5.74) is 7.76. The first-order chi connectivity index (χ1) is 9.66. The summed E-state index contributed by atoms with van der Waals surface area (Å²) in [5, 5.41) is 7.88. The van der Waals surface area contributed by atoms with Gasteiger partial charge in [-0.1, -0.05) is 0 Å². The summed E-state index contributed by atoms with van der Waals surface area (Å²) >= 11 is 0.